The molecule has 0 amide bonds. The lowest BCUT2D eigenvalue weighted by Gasteiger charge is -2.04. The zero-order valence-corrected chi connectivity index (χ0v) is 11.2. The molecule has 92 valence electrons. The van der Waals surface area contributed by atoms with Crippen LogP contribution in [0, 0.1) is 13.8 Å². The molecule has 0 saturated carbocycles. The van der Waals surface area contributed by atoms with Gasteiger partial charge in [0.1, 0.15) is 5.15 Å². The standard InChI is InChI=1S/C15H14ClNO/c1-10-5-11(2)7-12(6-10)8-14(18)13-3-4-15(16)17-9-13/h3-7,9H,8H2,1-2H3. The van der Waals surface area contributed by atoms with Gasteiger partial charge in [-0.3, -0.25) is 4.79 Å². The zero-order valence-electron chi connectivity index (χ0n) is 10.4. The third kappa shape index (κ3) is 3.17. The maximum absolute atomic E-state index is 12.1. The largest absolute Gasteiger partial charge is 0.294 e. The van der Waals surface area contributed by atoms with Gasteiger partial charge in [-0.2, -0.15) is 0 Å². The van der Waals surface area contributed by atoms with Gasteiger partial charge in [0, 0.05) is 18.2 Å². The summed E-state index contributed by atoms with van der Waals surface area (Å²) in [5.74, 6) is 0.0594. The number of aromatic nitrogens is 1. The molecule has 0 N–H and O–H groups in total. The van der Waals surface area contributed by atoms with Crippen molar-refractivity contribution < 1.29 is 4.79 Å². The minimum absolute atomic E-state index is 0.0594. The van der Waals surface area contributed by atoms with Crippen LogP contribution in [0.15, 0.2) is 36.5 Å². The number of hydrogen-bond donors (Lipinski definition) is 0. The maximum Gasteiger partial charge on any atom is 0.168 e. The van der Waals surface area contributed by atoms with Gasteiger partial charge in [0.25, 0.3) is 0 Å². The molecular weight excluding hydrogens is 246 g/mol. The molecule has 0 radical (unpaired) electrons. The Labute approximate surface area is 112 Å². The summed E-state index contributed by atoms with van der Waals surface area (Å²) in [6.45, 7) is 4.07. The highest BCUT2D eigenvalue weighted by molar-refractivity contribution is 6.29. The first-order chi connectivity index (χ1) is 8.54. The number of aryl methyl sites for hydroxylation is 2. The molecule has 1 aromatic heterocycles. The van der Waals surface area contributed by atoms with Crippen LogP contribution in [0.2, 0.25) is 5.15 Å². The van der Waals surface area contributed by atoms with Gasteiger partial charge >= 0.3 is 0 Å². The smallest absolute Gasteiger partial charge is 0.168 e. The topological polar surface area (TPSA) is 30.0 Å². The van der Waals surface area contributed by atoms with Crippen molar-refractivity contribution >= 4 is 17.4 Å². The van der Waals surface area contributed by atoms with Gasteiger partial charge in [-0.1, -0.05) is 40.9 Å². The normalized spacial score (nSPS) is 10.4. The van der Waals surface area contributed by atoms with Crippen LogP contribution >= 0.6 is 11.6 Å². The van der Waals surface area contributed by atoms with E-state index in [1.807, 2.05) is 26.0 Å². The number of hydrogen-bond acceptors (Lipinski definition) is 2. The molecule has 0 aliphatic heterocycles. The van der Waals surface area contributed by atoms with E-state index in [1.54, 1.807) is 12.1 Å². The monoisotopic (exact) mass is 259 g/mol. The third-order valence-electron chi connectivity index (χ3n) is 2.70. The van der Waals surface area contributed by atoms with Crippen molar-refractivity contribution in [1.82, 2.24) is 4.98 Å². The molecule has 0 bridgehead atoms. The molecule has 0 aliphatic rings. The minimum atomic E-state index is 0.0594. The van der Waals surface area contributed by atoms with Crippen LogP contribution in [0.4, 0.5) is 0 Å². The number of benzene rings is 1. The van der Waals surface area contributed by atoms with E-state index in [0.29, 0.717) is 17.1 Å². The number of carbonyl (C=O) groups is 1. The Morgan fingerprint density at radius 2 is 1.83 bits per heavy atom. The summed E-state index contributed by atoms with van der Waals surface area (Å²) in [6, 6.07) is 9.51. The van der Waals surface area contributed by atoms with Gasteiger partial charge in [-0.05, 0) is 31.5 Å². The Bertz CT molecular complexity index is 555. The molecule has 1 heterocycles. The third-order valence-corrected chi connectivity index (χ3v) is 2.92. The maximum atomic E-state index is 12.1. The van der Waals surface area contributed by atoms with E-state index in [-0.39, 0.29) is 5.78 Å². The lowest BCUT2D eigenvalue weighted by Crippen LogP contribution is -2.04. The summed E-state index contributed by atoms with van der Waals surface area (Å²) in [7, 11) is 0. The molecule has 18 heavy (non-hydrogen) atoms. The second-order valence-corrected chi connectivity index (χ2v) is 4.85. The second-order valence-electron chi connectivity index (χ2n) is 4.47. The molecule has 0 spiro atoms. The van der Waals surface area contributed by atoms with Gasteiger partial charge in [0.05, 0.1) is 0 Å². The van der Waals surface area contributed by atoms with E-state index in [4.69, 9.17) is 11.6 Å². The van der Waals surface area contributed by atoms with E-state index >= 15 is 0 Å². The molecule has 0 saturated heterocycles. The summed E-state index contributed by atoms with van der Waals surface area (Å²) in [5.41, 5.74) is 3.98. The number of ketones is 1. The molecule has 2 aromatic rings. The van der Waals surface area contributed by atoms with Crippen molar-refractivity contribution in [2.75, 3.05) is 0 Å². The summed E-state index contributed by atoms with van der Waals surface area (Å²) >= 11 is 5.70. The quantitative estimate of drug-likeness (QED) is 0.620. The Hall–Kier alpha value is -1.67. The Kier molecular flexibility index (Phi) is 3.78. The van der Waals surface area contributed by atoms with Crippen LogP contribution in [-0.4, -0.2) is 10.8 Å². The van der Waals surface area contributed by atoms with Crippen LogP contribution < -0.4 is 0 Å². The van der Waals surface area contributed by atoms with Crippen molar-refractivity contribution in [2.24, 2.45) is 0 Å². The number of rotatable bonds is 3. The SMILES string of the molecule is Cc1cc(C)cc(CC(=O)c2ccc(Cl)nc2)c1. The number of Topliss-reactive ketones (excluding diaryl/α,β-unsaturated/α-hetero) is 1. The van der Waals surface area contributed by atoms with Crippen molar-refractivity contribution in [2.45, 2.75) is 20.3 Å². The van der Waals surface area contributed by atoms with Crippen LogP contribution in [0.3, 0.4) is 0 Å². The Morgan fingerprint density at radius 3 is 2.39 bits per heavy atom. The number of carbonyl (C=O) groups excluding carboxylic acids is 1. The van der Waals surface area contributed by atoms with Crippen LogP contribution in [-0.2, 0) is 6.42 Å². The summed E-state index contributed by atoms with van der Waals surface area (Å²) in [4.78, 5) is 16.0. The van der Waals surface area contributed by atoms with Crippen LogP contribution in [0.1, 0.15) is 27.0 Å². The average Bonchev–Trinajstić information content (AvgIpc) is 2.28. The molecule has 3 heteroatoms. The fourth-order valence-corrected chi connectivity index (χ4v) is 2.11. The van der Waals surface area contributed by atoms with Crippen LogP contribution in [0.5, 0.6) is 0 Å². The molecule has 0 unspecified atom stereocenters. The lowest BCUT2D eigenvalue weighted by atomic mass is 10.0. The van der Waals surface area contributed by atoms with Crippen LogP contribution in [0.25, 0.3) is 0 Å². The van der Waals surface area contributed by atoms with E-state index in [9.17, 15) is 4.79 Å². The highest BCUT2D eigenvalue weighted by Gasteiger charge is 2.08. The highest BCUT2D eigenvalue weighted by atomic mass is 35.5. The first-order valence-electron chi connectivity index (χ1n) is 5.76. The zero-order chi connectivity index (χ0) is 13.1. The molecule has 0 atom stereocenters. The predicted octanol–water partition coefficient (Wildman–Crippen LogP) is 3.78. The molecular formula is C15H14ClNO. The van der Waals surface area contributed by atoms with Gasteiger partial charge in [0.15, 0.2) is 5.78 Å². The highest BCUT2D eigenvalue weighted by Crippen LogP contribution is 2.13. The van der Waals surface area contributed by atoms with Gasteiger partial charge < -0.3 is 0 Å². The van der Waals surface area contributed by atoms with Crippen molar-refractivity contribution in [3.05, 3.63) is 63.9 Å². The van der Waals surface area contributed by atoms with Gasteiger partial charge in [-0.25, -0.2) is 4.98 Å². The molecule has 0 aliphatic carbocycles. The predicted molar refractivity (Wildman–Crippen MR) is 73.2 cm³/mol. The number of halogens is 1. The molecule has 1 aromatic carbocycles. The summed E-state index contributed by atoms with van der Waals surface area (Å²) in [6.07, 6.45) is 1.92. The first-order valence-corrected chi connectivity index (χ1v) is 6.14. The average molecular weight is 260 g/mol. The molecule has 2 rings (SSSR count). The Balaban J connectivity index is 2.18. The Morgan fingerprint density at radius 1 is 1.17 bits per heavy atom. The minimum Gasteiger partial charge on any atom is -0.294 e. The van der Waals surface area contributed by atoms with E-state index in [2.05, 4.69) is 11.1 Å². The fraction of sp³-hybridized carbons (Fsp3) is 0.200. The molecule has 2 nitrogen and oxygen atoms in total. The van der Waals surface area contributed by atoms with Gasteiger partial charge in [0.2, 0.25) is 0 Å². The van der Waals surface area contributed by atoms with Crippen molar-refractivity contribution in [3.63, 3.8) is 0 Å². The molecule has 0 fully saturated rings. The fourth-order valence-electron chi connectivity index (χ4n) is 2.00. The summed E-state index contributed by atoms with van der Waals surface area (Å²) < 4.78 is 0. The number of nitrogens with zero attached hydrogens (tertiary/aromatic N) is 1. The van der Waals surface area contributed by atoms with E-state index < -0.39 is 0 Å². The first kappa shape index (κ1) is 12.8. The van der Waals surface area contributed by atoms with Gasteiger partial charge in [-0.15, -0.1) is 0 Å². The lowest BCUT2D eigenvalue weighted by molar-refractivity contribution is 0.0992. The number of pyridine rings is 1. The second kappa shape index (κ2) is 5.32. The van der Waals surface area contributed by atoms with Crippen molar-refractivity contribution in [1.29, 1.82) is 0 Å². The van der Waals surface area contributed by atoms with E-state index in [0.717, 1.165) is 5.56 Å². The summed E-state index contributed by atoms with van der Waals surface area (Å²) in [5, 5.41) is 0.401. The van der Waals surface area contributed by atoms with Crippen molar-refractivity contribution in [3.8, 4) is 0 Å². The van der Waals surface area contributed by atoms with E-state index in [1.165, 1.54) is 17.3 Å².